The van der Waals surface area contributed by atoms with E-state index >= 15 is 0 Å². The van der Waals surface area contributed by atoms with Gasteiger partial charge in [0, 0.05) is 16.6 Å². The quantitative estimate of drug-likeness (QED) is 0.407. The number of nitro benzene ring substituents is 1. The molecule has 0 radical (unpaired) electrons. The number of nitro groups is 1. The molecule has 0 heterocycles. The fraction of sp³-hybridized carbons (Fsp3) is 0.0667. The molecule has 7 nitrogen and oxygen atoms in total. The predicted molar refractivity (Wildman–Crippen MR) is 96.2 cm³/mol. The molecule has 0 bridgehead atoms. The summed E-state index contributed by atoms with van der Waals surface area (Å²) in [5.41, 5.74) is 2.93. The minimum atomic E-state index is -0.486. The van der Waals surface area contributed by atoms with Gasteiger partial charge in [-0.2, -0.15) is 5.10 Å². The second-order valence-electron chi connectivity index (χ2n) is 4.51. The summed E-state index contributed by atoms with van der Waals surface area (Å²) in [6.07, 6.45) is 1.39. The minimum absolute atomic E-state index is 0.00957. The molecule has 0 aliphatic carbocycles. The Hall–Kier alpha value is -2.26. The van der Waals surface area contributed by atoms with Crippen LogP contribution in [-0.2, 0) is 4.79 Å². The lowest BCUT2D eigenvalue weighted by Gasteiger charge is -2.07. The van der Waals surface area contributed by atoms with Gasteiger partial charge in [-0.1, -0.05) is 15.9 Å². The van der Waals surface area contributed by atoms with Crippen LogP contribution < -0.4 is 10.2 Å². The maximum Gasteiger partial charge on any atom is 0.277 e. The summed E-state index contributed by atoms with van der Waals surface area (Å²) in [4.78, 5) is 21.7. The highest BCUT2D eigenvalue weighted by atomic mass is 79.9. The van der Waals surface area contributed by atoms with Crippen LogP contribution in [-0.4, -0.2) is 23.7 Å². The fourth-order valence-electron chi connectivity index (χ4n) is 1.63. The number of ether oxygens (including phenoxy) is 1. The van der Waals surface area contributed by atoms with E-state index in [-0.39, 0.29) is 12.3 Å². The molecule has 0 unspecified atom stereocenters. The predicted octanol–water partition coefficient (Wildman–Crippen LogP) is 3.65. The number of rotatable bonds is 6. The number of hydrazone groups is 1. The first-order valence-electron chi connectivity index (χ1n) is 6.60. The molecular formula is C15H11Br2N3O4. The third-order valence-corrected chi connectivity index (χ3v) is 3.87. The standard InChI is InChI=1S/C15H11Br2N3O4/c16-11-3-6-14(13(17)7-11)24-9-15(21)19-18-8-10-1-4-12(5-2-10)20(22)23/h1-8H,9H2,(H,19,21). The van der Waals surface area contributed by atoms with Crippen molar-refractivity contribution in [2.45, 2.75) is 0 Å². The van der Waals surface area contributed by atoms with Gasteiger partial charge in [-0.15, -0.1) is 0 Å². The van der Waals surface area contributed by atoms with E-state index in [1.807, 2.05) is 0 Å². The number of amides is 1. The Balaban J connectivity index is 1.83. The molecule has 0 fully saturated rings. The van der Waals surface area contributed by atoms with Crippen LogP contribution in [0.3, 0.4) is 0 Å². The molecule has 0 aromatic heterocycles. The Labute approximate surface area is 154 Å². The molecule has 0 saturated heterocycles. The van der Waals surface area contributed by atoms with Crippen LogP contribution in [0.15, 0.2) is 56.5 Å². The van der Waals surface area contributed by atoms with Crippen molar-refractivity contribution in [2.24, 2.45) is 5.10 Å². The van der Waals surface area contributed by atoms with E-state index in [4.69, 9.17) is 4.74 Å². The highest BCUT2D eigenvalue weighted by Crippen LogP contribution is 2.28. The number of nitrogens with one attached hydrogen (secondary N) is 1. The Morgan fingerprint density at radius 2 is 1.96 bits per heavy atom. The lowest BCUT2D eigenvalue weighted by Crippen LogP contribution is -2.24. The van der Waals surface area contributed by atoms with E-state index in [0.29, 0.717) is 11.3 Å². The molecule has 1 amide bonds. The highest BCUT2D eigenvalue weighted by Gasteiger charge is 2.06. The normalized spacial score (nSPS) is 10.6. The Morgan fingerprint density at radius 3 is 2.58 bits per heavy atom. The van der Waals surface area contributed by atoms with Crippen LogP contribution in [0, 0.1) is 10.1 Å². The van der Waals surface area contributed by atoms with Gasteiger partial charge >= 0.3 is 0 Å². The summed E-state index contributed by atoms with van der Waals surface area (Å²) in [5.74, 6) is 0.107. The van der Waals surface area contributed by atoms with Crippen LogP contribution in [0.5, 0.6) is 5.75 Å². The second kappa shape index (κ2) is 8.55. The van der Waals surface area contributed by atoms with E-state index < -0.39 is 10.8 Å². The molecule has 2 aromatic carbocycles. The molecule has 9 heteroatoms. The Bertz CT molecular complexity index is 779. The highest BCUT2D eigenvalue weighted by molar-refractivity contribution is 9.11. The molecule has 0 spiro atoms. The zero-order chi connectivity index (χ0) is 17.5. The van der Waals surface area contributed by atoms with E-state index in [1.54, 1.807) is 18.2 Å². The van der Waals surface area contributed by atoms with E-state index in [9.17, 15) is 14.9 Å². The Morgan fingerprint density at radius 1 is 1.25 bits per heavy atom. The van der Waals surface area contributed by atoms with Crippen molar-refractivity contribution in [1.29, 1.82) is 0 Å². The van der Waals surface area contributed by atoms with E-state index in [0.717, 1.165) is 8.95 Å². The van der Waals surface area contributed by atoms with Gasteiger partial charge in [0.1, 0.15) is 5.75 Å². The smallest absolute Gasteiger partial charge is 0.277 e. The molecule has 0 aliphatic rings. The van der Waals surface area contributed by atoms with Crippen LogP contribution in [0.4, 0.5) is 5.69 Å². The number of hydrogen-bond acceptors (Lipinski definition) is 5. The third-order valence-electron chi connectivity index (χ3n) is 2.76. The zero-order valence-electron chi connectivity index (χ0n) is 12.1. The number of hydrogen-bond donors (Lipinski definition) is 1. The second-order valence-corrected chi connectivity index (χ2v) is 6.28. The van der Waals surface area contributed by atoms with Crippen molar-refractivity contribution in [3.05, 3.63) is 67.1 Å². The first-order chi connectivity index (χ1) is 11.5. The van der Waals surface area contributed by atoms with Crippen molar-refractivity contribution >= 4 is 49.7 Å². The van der Waals surface area contributed by atoms with E-state index in [1.165, 1.54) is 30.5 Å². The maximum atomic E-state index is 11.7. The summed E-state index contributed by atoms with van der Waals surface area (Å²) >= 11 is 6.66. The van der Waals surface area contributed by atoms with Gasteiger partial charge in [-0.05, 0) is 51.8 Å². The molecule has 2 aromatic rings. The maximum absolute atomic E-state index is 11.7. The van der Waals surface area contributed by atoms with Crippen LogP contribution >= 0.6 is 31.9 Å². The number of benzene rings is 2. The molecule has 2 rings (SSSR count). The molecule has 0 saturated carbocycles. The van der Waals surface area contributed by atoms with Crippen LogP contribution in [0.25, 0.3) is 0 Å². The topological polar surface area (TPSA) is 93.8 Å². The van der Waals surface area contributed by atoms with Gasteiger partial charge in [0.15, 0.2) is 6.61 Å². The van der Waals surface area contributed by atoms with Crippen molar-refractivity contribution in [3.63, 3.8) is 0 Å². The number of nitrogens with zero attached hydrogens (tertiary/aromatic N) is 2. The average molecular weight is 457 g/mol. The summed E-state index contributed by atoms with van der Waals surface area (Å²) in [5, 5.41) is 14.3. The lowest BCUT2D eigenvalue weighted by atomic mass is 10.2. The first kappa shape index (κ1) is 18.1. The van der Waals surface area contributed by atoms with Gasteiger partial charge in [0.2, 0.25) is 0 Å². The number of non-ortho nitro benzene ring substituents is 1. The Kier molecular flexibility index (Phi) is 6.44. The average Bonchev–Trinajstić information content (AvgIpc) is 2.54. The van der Waals surface area contributed by atoms with Gasteiger partial charge in [-0.3, -0.25) is 14.9 Å². The van der Waals surface area contributed by atoms with Gasteiger partial charge in [0.25, 0.3) is 11.6 Å². The van der Waals surface area contributed by atoms with Crippen molar-refractivity contribution < 1.29 is 14.5 Å². The molecule has 0 aliphatic heterocycles. The number of halogens is 2. The van der Waals surface area contributed by atoms with Crippen LogP contribution in [0.2, 0.25) is 0 Å². The monoisotopic (exact) mass is 455 g/mol. The van der Waals surface area contributed by atoms with Crippen molar-refractivity contribution in [3.8, 4) is 5.75 Å². The SMILES string of the molecule is O=C(COc1ccc(Br)cc1Br)NN=Cc1ccc([N+](=O)[O-])cc1. The summed E-state index contributed by atoms with van der Waals surface area (Å²) in [6.45, 7) is -0.197. The number of carbonyl (C=O) groups excluding carboxylic acids is 1. The van der Waals surface area contributed by atoms with Crippen molar-refractivity contribution in [1.82, 2.24) is 5.43 Å². The molecule has 0 atom stereocenters. The van der Waals surface area contributed by atoms with Crippen LogP contribution in [0.1, 0.15) is 5.56 Å². The fourth-order valence-corrected chi connectivity index (χ4v) is 2.79. The number of carbonyl (C=O) groups is 1. The molecule has 1 N–H and O–H groups in total. The summed E-state index contributed by atoms with van der Waals surface area (Å²) in [7, 11) is 0. The summed E-state index contributed by atoms with van der Waals surface area (Å²) < 4.78 is 6.98. The molecule has 24 heavy (non-hydrogen) atoms. The minimum Gasteiger partial charge on any atom is -0.483 e. The van der Waals surface area contributed by atoms with Gasteiger partial charge in [-0.25, -0.2) is 5.43 Å². The molecular weight excluding hydrogens is 446 g/mol. The van der Waals surface area contributed by atoms with Gasteiger partial charge < -0.3 is 4.74 Å². The lowest BCUT2D eigenvalue weighted by molar-refractivity contribution is -0.384. The zero-order valence-corrected chi connectivity index (χ0v) is 15.3. The van der Waals surface area contributed by atoms with E-state index in [2.05, 4.69) is 42.4 Å². The molecule has 124 valence electrons. The first-order valence-corrected chi connectivity index (χ1v) is 8.18. The third kappa shape index (κ3) is 5.43. The van der Waals surface area contributed by atoms with Crippen molar-refractivity contribution in [2.75, 3.05) is 6.61 Å². The largest absolute Gasteiger partial charge is 0.483 e. The van der Waals surface area contributed by atoms with Gasteiger partial charge in [0.05, 0.1) is 15.6 Å². The summed E-state index contributed by atoms with van der Waals surface area (Å²) in [6, 6.07) is 11.1.